The molecule has 0 aliphatic rings. The molecule has 0 saturated heterocycles. The molecule has 0 aliphatic carbocycles. The quantitative estimate of drug-likeness (QED) is 0.718. The van der Waals surface area contributed by atoms with Gasteiger partial charge in [0, 0.05) is 24.7 Å². The Kier molecular flexibility index (Phi) is 7.18. The summed E-state index contributed by atoms with van der Waals surface area (Å²) in [6.45, 7) is 2.93. The minimum absolute atomic E-state index is 0.0606. The third kappa shape index (κ3) is 5.79. The van der Waals surface area contributed by atoms with Gasteiger partial charge in [-0.15, -0.1) is 0 Å². The van der Waals surface area contributed by atoms with Crippen LogP contribution in [0.15, 0.2) is 30.3 Å². The molecule has 0 heterocycles. The van der Waals surface area contributed by atoms with E-state index < -0.39 is 5.97 Å². The van der Waals surface area contributed by atoms with Crippen molar-refractivity contribution in [2.24, 2.45) is 0 Å². The smallest absolute Gasteiger partial charge is 0.328 e. The monoisotopic (exact) mass is 291 g/mol. The van der Waals surface area contributed by atoms with Crippen molar-refractivity contribution in [2.45, 2.75) is 19.8 Å². The van der Waals surface area contributed by atoms with Crippen LogP contribution in [0.5, 0.6) is 0 Å². The second-order valence-corrected chi connectivity index (χ2v) is 4.66. The summed E-state index contributed by atoms with van der Waals surface area (Å²) in [5.41, 5.74) is 1.25. The molecule has 2 N–H and O–H groups in total. The molecule has 114 valence electrons. The first-order valence-electron chi connectivity index (χ1n) is 6.99. The third-order valence-corrected chi connectivity index (χ3v) is 3.01. The lowest BCUT2D eigenvalue weighted by Gasteiger charge is -2.21. The average molecular weight is 291 g/mol. The van der Waals surface area contributed by atoms with E-state index >= 15 is 0 Å². The van der Waals surface area contributed by atoms with Gasteiger partial charge in [0.15, 0.2) is 0 Å². The van der Waals surface area contributed by atoms with Crippen molar-refractivity contribution in [1.82, 2.24) is 4.90 Å². The van der Waals surface area contributed by atoms with Gasteiger partial charge in [-0.2, -0.15) is 0 Å². The Labute approximate surface area is 124 Å². The predicted octanol–water partition coefficient (Wildman–Crippen LogP) is 2.02. The molecule has 1 aromatic rings. The number of hydrogen-bond acceptors (Lipinski definition) is 3. The minimum Gasteiger partial charge on any atom is -0.478 e. The number of carboxylic acid groups (broad SMARTS) is 1. The molecule has 5 nitrogen and oxygen atoms in total. The van der Waals surface area contributed by atoms with Crippen molar-refractivity contribution in [3.63, 3.8) is 0 Å². The van der Waals surface area contributed by atoms with Crippen LogP contribution in [0.1, 0.15) is 35.7 Å². The fraction of sp³-hybridized carbons (Fsp3) is 0.375. The number of benzene rings is 1. The van der Waals surface area contributed by atoms with Crippen LogP contribution in [0.4, 0.5) is 0 Å². The van der Waals surface area contributed by atoms with E-state index in [0.717, 1.165) is 24.5 Å². The molecule has 0 radical (unpaired) electrons. The van der Waals surface area contributed by atoms with E-state index in [9.17, 15) is 9.59 Å². The number of amides is 1. The maximum absolute atomic E-state index is 12.3. The van der Waals surface area contributed by atoms with Crippen molar-refractivity contribution in [3.8, 4) is 0 Å². The number of nitrogens with zero attached hydrogens (tertiary/aromatic N) is 1. The molecular formula is C16H21NO4. The van der Waals surface area contributed by atoms with Crippen LogP contribution >= 0.6 is 0 Å². The molecule has 1 amide bonds. The summed E-state index contributed by atoms with van der Waals surface area (Å²) < 4.78 is 0. The Morgan fingerprint density at radius 2 is 1.86 bits per heavy atom. The third-order valence-electron chi connectivity index (χ3n) is 3.01. The van der Waals surface area contributed by atoms with Gasteiger partial charge in [-0.1, -0.05) is 25.5 Å². The molecule has 5 heteroatoms. The topological polar surface area (TPSA) is 77.8 Å². The van der Waals surface area contributed by atoms with E-state index in [0.29, 0.717) is 18.7 Å². The molecule has 0 unspecified atom stereocenters. The minimum atomic E-state index is -1.01. The summed E-state index contributed by atoms with van der Waals surface area (Å²) in [6, 6.07) is 6.73. The van der Waals surface area contributed by atoms with Gasteiger partial charge in [0.25, 0.3) is 5.91 Å². The standard InChI is InChI=1S/C16H21NO4/c1-2-3-10-17(11-12-18)16(21)14-7-4-13(5-8-14)6-9-15(19)20/h4-9,18H,2-3,10-12H2,1H3,(H,19,20). The summed E-state index contributed by atoms with van der Waals surface area (Å²) in [6.07, 6.45) is 4.40. The summed E-state index contributed by atoms with van der Waals surface area (Å²) in [5, 5.41) is 17.6. The Morgan fingerprint density at radius 3 is 2.38 bits per heavy atom. The van der Waals surface area contributed by atoms with Crippen LogP contribution in [0, 0.1) is 0 Å². The number of carboxylic acids is 1. The van der Waals surface area contributed by atoms with E-state index in [1.807, 2.05) is 6.92 Å². The Hall–Kier alpha value is -2.14. The Bertz CT molecular complexity index is 494. The predicted molar refractivity (Wildman–Crippen MR) is 81.0 cm³/mol. The lowest BCUT2D eigenvalue weighted by atomic mass is 10.1. The van der Waals surface area contributed by atoms with Crippen LogP contribution in [0.25, 0.3) is 6.08 Å². The van der Waals surface area contributed by atoms with Gasteiger partial charge >= 0.3 is 5.97 Å². The first-order chi connectivity index (χ1) is 10.1. The van der Waals surface area contributed by atoms with Gasteiger partial charge in [0.2, 0.25) is 0 Å². The van der Waals surface area contributed by atoms with E-state index in [2.05, 4.69) is 0 Å². The molecule has 0 aliphatic heterocycles. The Balaban J connectivity index is 2.78. The van der Waals surface area contributed by atoms with E-state index in [1.165, 1.54) is 6.08 Å². The van der Waals surface area contributed by atoms with Crippen LogP contribution in [0.2, 0.25) is 0 Å². The number of aliphatic hydroxyl groups excluding tert-OH is 1. The zero-order valence-corrected chi connectivity index (χ0v) is 12.2. The second-order valence-electron chi connectivity index (χ2n) is 4.66. The lowest BCUT2D eigenvalue weighted by Crippen LogP contribution is -2.34. The molecule has 1 rings (SSSR count). The van der Waals surface area contributed by atoms with Gasteiger partial charge in [0.05, 0.1) is 6.61 Å². The largest absolute Gasteiger partial charge is 0.478 e. The number of carbonyl (C=O) groups is 2. The van der Waals surface area contributed by atoms with Crippen molar-refractivity contribution in [2.75, 3.05) is 19.7 Å². The SMILES string of the molecule is CCCCN(CCO)C(=O)c1ccc(C=CC(=O)O)cc1. The molecule has 0 aromatic heterocycles. The van der Waals surface area contributed by atoms with Crippen molar-refractivity contribution in [3.05, 3.63) is 41.5 Å². The molecule has 1 aromatic carbocycles. The highest BCUT2D eigenvalue weighted by molar-refractivity contribution is 5.94. The van der Waals surface area contributed by atoms with Gasteiger partial charge in [0.1, 0.15) is 0 Å². The molecule has 0 saturated carbocycles. The molecular weight excluding hydrogens is 270 g/mol. The van der Waals surface area contributed by atoms with E-state index in [1.54, 1.807) is 29.2 Å². The highest BCUT2D eigenvalue weighted by Crippen LogP contribution is 2.10. The van der Waals surface area contributed by atoms with Gasteiger partial charge in [-0.05, 0) is 30.2 Å². The molecule has 0 fully saturated rings. The summed E-state index contributed by atoms with van der Waals surface area (Å²) in [5.74, 6) is -1.13. The zero-order chi connectivity index (χ0) is 15.7. The first kappa shape index (κ1) is 16.9. The summed E-state index contributed by atoms with van der Waals surface area (Å²) in [7, 11) is 0. The normalized spacial score (nSPS) is 10.8. The van der Waals surface area contributed by atoms with Gasteiger partial charge in [-0.3, -0.25) is 4.79 Å². The zero-order valence-electron chi connectivity index (χ0n) is 12.2. The number of hydrogen-bond donors (Lipinski definition) is 2. The maximum atomic E-state index is 12.3. The highest BCUT2D eigenvalue weighted by atomic mass is 16.4. The lowest BCUT2D eigenvalue weighted by molar-refractivity contribution is -0.131. The number of aliphatic carboxylic acids is 1. The number of aliphatic hydroxyl groups is 1. The number of rotatable bonds is 8. The summed E-state index contributed by atoms with van der Waals surface area (Å²) >= 11 is 0. The fourth-order valence-corrected chi connectivity index (χ4v) is 1.87. The highest BCUT2D eigenvalue weighted by Gasteiger charge is 2.14. The van der Waals surface area contributed by atoms with Crippen LogP contribution in [-0.4, -0.2) is 46.7 Å². The molecule has 0 atom stereocenters. The van der Waals surface area contributed by atoms with Crippen molar-refractivity contribution in [1.29, 1.82) is 0 Å². The first-order valence-corrected chi connectivity index (χ1v) is 6.99. The van der Waals surface area contributed by atoms with Crippen molar-refractivity contribution >= 4 is 18.0 Å². The van der Waals surface area contributed by atoms with Crippen molar-refractivity contribution < 1.29 is 19.8 Å². The second kappa shape index (κ2) is 8.92. The molecule has 21 heavy (non-hydrogen) atoms. The summed E-state index contributed by atoms with van der Waals surface area (Å²) in [4.78, 5) is 24.4. The fourth-order valence-electron chi connectivity index (χ4n) is 1.87. The molecule has 0 spiro atoms. The number of carbonyl (C=O) groups excluding carboxylic acids is 1. The number of unbranched alkanes of at least 4 members (excludes halogenated alkanes) is 1. The van der Waals surface area contributed by atoms with Gasteiger partial charge in [-0.25, -0.2) is 4.79 Å². The van der Waals surface area contributed by atoms with Crippen LogP contribution < -0.4 is 0 Å². The average Bonchev–Trinajstić information content (AvgIpc) is 2.49. The molecule has 0 bridgehead atoms. The van der Waals surface area contributed by atoms with Gasteiger partial charge < -0.3 is 15.1 Å². The van der Waals surface area contributed by atoms with E-state index in [-0.39, 0.29) is 12.5 Å². The maximum Gasteiger partial charge on any atom is 0.328 e. The Morgan fingerprint density at radius 1 is 1.19 bits per heavy atom. The van der Waals surface area contributed by atoms with Crippen LogP contribution in [-0.2, 0) is 4.79 Å². The van der Waals surface area contributed by atoms with E-state index in [4.69, 9.17) is 10.2 Å². The van der Waals surface area contributed by atoms with Crippen LogP contribution in [0.3, 0.4) is 0 Å².